The number of hydrogen-bond donors (Lipinski definition) is 3. The maximum atomic E-state index is 11.6. The third kappa shape index (κ3) is 10.9. The fourth-order valence-corrected chi connectivity index (χ4v) is 5.04. The topological polar surface area (TPSA) is 150 Å². The molecule has 0 saturated carbocycles. The van der Waals surface area contributed by atoms with Crippen LogP contribution in [0.3, 0.4) is 0 Å². The minimum absolute atomic E-state index is 0.361. The molecule has 0 aromatic carbocycles. The lowest BCUT2D eigenvalue weighted by Crippen LogP contribution is -2.64. The van der Waals surface area contributed by atoms with Gasteiger partial charge < -0.3 is 43.7 Å². The summed E-state index contributed by atoms with van der Waals surface area (Å²) >= 11 is 0. The van der Waals surface area contributed by atoms with Crippen LogP contribution in [0.25, 0.3) is 0 Å². The minimum Gasteiger partial charge on any atom is -0.457 e. The highest BCUT2D eigenvalue weighted by Crippen LogP contribution is 2.31. The van der Waals surface area contributed by atoms with Gasteiger partial charge in [0.25, 0.3) is 0 Å². The molecule has 0 radical (unpaired) electrons. The summed E-state index contributed by atoms with van der Waals surface area (Å²) in [6.45, 7) is 8.22. The first-order chi connectivity index (χ1) is 18.6. The maximum absolute atomic E-state index is 11.6. The summed E-state index contributed by atoms with van der Waals surface area (Å²) in [5.41, 5.74) is 0. The lowest BCUT2D eigenvalue weighted by atomic mass is 9.97. The van der Waals surface area contributed by atoms with E-state index in [0.717, 1.165) is 19.3 Å². The first kappa shape index (κ1) is 33.9. The number of carbonyl (C=O) groups is 2. The van der Waals surface area contributed by atoms with Crippen LogP contribution in [0.15, 0.2) is 0 Å². The highest BCUT2D eigenvalue weighted by molar-refractivity contribution is 5.66. The zero-order valence-corrected chi connectivity index (χ0v) is 24.2. The normalized spacial score (nSPS) is 35.0. The standard InChI is InChI=1S/C28H50O11/c1-6-7-8-9-10-11-12-13-14-15-16-34-28-26(23(33)25(18(3)36-28)38-20(5)30)39-27-22(32)21(31)24(17(2)35-27)37-19(4)29/h17-18,21-28,31-33H,6-16H2,1-5H3/t17-,18+,21-,22+,23-,24-,25-,26+,27-,28+/m0/s1. The van der Waals surface area contributed by atoms with Crippen LogP contribution in [0.5, 0.6) is 0 Å². The summed E-state index contributed by atoms with van der Waals surface area (Å²) in [5, 5.41) is 32.3. The van der Waals surface area contributed by atoms with E-state index in [4.69, 9.17) is 28.4 Å². The number of aliphatic hydroxyl groups is 3. The molecular weight excluding hydrogens is 512 g/mol. The van der Waals surface area contributed by atoms with Crippen molar-refractivity contribution in [1.29, 1.82) is 0 Å². The number of hydrogen-bond acceptors (Lipinski definition) is 11. The fourth-order valence-electron chi connectivity index (χ4n) is 5.04. The molecule has 11 nitrogen and oxygen atoms in total. The van der Waals surface area contributed by atoms with Gasteiger partial charge in [-0.25, -0.2) is 0 Å². The number of esters is 2. The van der Waals surface area contributed by atoms with Crippen molar-refractivity contribution in [1.82, 2.24) is 0 Å². The average Bonchev–Trinajstić information content (AvgIpc) is 2.87. The third-order valence-electron chi connectivity index (χ3n) is 7.21. The minimum atomic E-state index is -1.59. The Morgan fingerprint density at radius 3 is 1.62 bits per heavy atom. The van der Waals surface area contributed by atoms with Crippen LogP contribution in [-0.2, 0) is 38.0 Å². The molecule has 3 N–H and O–H groups in total. The summed E-state index contributed by atoms with van der Waals surface area (Å²) in [6, 6.07) is 0. The molecule has 2 fully saturated rings. The van der Waals surface area contributed by atoms with Gasteiger partial charge in [0.1, 0.15) is 24.4 Å². The van der Waals surface area contributed by atoms with Crippen molar-refractivity contribution in [3.05, 3.63) is 0 Å². The van der Waals surface area contributed by atoms with Gasteiger partial charge >= 0.3 is 11.9 Å². The Morgan fingerprint density at radius 1 is 0.641 bits per heavy atom. The summed E-state index contributed by atoms with van der Waals surface area (Å²) < 4.78 is 33.8. The molecular formula is C28H50O11. The van der Waals surface area contributed by atoms with Crippen LogP contribution in [0.4, 0.5) is 0 Å². The van der Waals surface area contributed by atoms with Crippen molar-refractivity contribution < 1.29 is 53.3 Å². The number of ether oxygens (including phenoxy) is 6. The predicted molar refractivity (Wildman–Crippen MR) is 140 cm³/mol. The second kappa shape index (κ2) is 17.5. The zero-order valence-electron chi connectivity index (χ0n) is 24.2. The SMILES string of the molecule is CCCCCCCCCCCCO[C@@H]1O[C@H](C)[C@H](OC(C)=O)[C@H](O)[C@H]1O[C@@H]1O[C@@H](C)[C@H](OC(C)=O)[C@@H](O)[C@H]1O. The van der Waals surface area contributed by atoms with Crippen molar-refractivity contribution in [2.45, 2.75) is 160 Å². The number of carbonyl (C=O) groups excluding carboxylic acids is 2. The molecule has 11 heteroatoms. The molecule has 0 spiro atoms. The van der Waals surface area contributed by atoms with Crippen molar-refractivity contribution in [3.8, 4) is 0 Å². The van der Waals surface area contributed by atoms with Gasteiger partial charge in [0.15, 0.2) is 24.8 Å². The smallest absolute Gasteiger partial charge is 0.303 e. The van der Waals surface area contributed by atoms with Gasteiger partial charge in [0.05, 0.1) is 12.2 Å². The molecule has 2 aliphatic rings. The molecule has 0 amide bonds. The molecule has 39 heavy (non-hydrogen) atoms. The van der Waals surface area contributed by atoms with Crippen LogP contribution in [0.1, 0.15) is 98.8 Å². The van der Waals surface area contributed by atoms with Gasteiger partial charge in [-0.2, -0.15) is 0 Å². The van der Waals surface area contributed by atoms with Crippen molar-refractivity contribution >= 4 is 11.9 Å². The van der Waals surface area contributed by atoms with E-state index in [2.05, 4.69) is 6.92 Å². The lowest BCUT2D eigenvalue weighted by molar-refractivity contribution is -0.362. The Bertz CT molecular complexity index is 720. The lowest BCUT2D eigenvalue weighted by Gasteiger charge is -2.46. The second-order valence-electron chi connectivity index (χ2n) is 10.7. The molecule has 2 aliphatic heterocycles. The van der Waals surface area contributed by atoms with Crippen LogP contribution in [-0.4, -0.2) is 95.3 Å². The van der Waals surface area contributed by atoms with Crippen molar-refractivity contribution in [2.24, 2.45) is 0 Å². The molecule has 0 unspecified atom stereocenters. The highest BCUT2D eigenvalue weighted by atomic mass is 16.8. The van der Waals surface area contributed by atoms with Gasteiger partial charge in [-0.1, -0.05) is 64.7 Å². The quantitative estimate of drug-likeness (QED) is 0.188. The molecule has 228 valence electrons. The van der Waals surface area contributed by atoms with Crippen LogP contribution in [0, 0.1) is 0 Å². The Kier molecular flexibility index (Phi) is 15.2. The van der Waals surface area contributed by atoms with Crippen LogP contribution < -0.4 is 0 Å². The molecule has 10 atom stereocenters. The van der Waals surface area contributed by atoms with E-state index in [1.807, 2.05) is 0 Å². The van der Waals surface area contributed by atoms with E-state index in [9.17, 15) is 24.9 Å². The first-order valence-corrected chi connectivity index (χ1v) is 14.5. The summed E-state index contributed by atoms with van der Waals surface area (Å²) in [5.74, 6) is -1.23. The first-order valence-electron chi connectivity index (χ1n) is 14.5. The largest absolute Gasteiger partial charge is 0.457 e. The van der Waals surface area contributed by atoms with Gasteiger partial charge in [0.2, 0.25) is 0 Å². The molecule has 2 saturated heterocycles. The summed E-state index contributed by atoms with van der Waals surface area (Å²) in [4.78, 5) is 23.0. The van der Waals surface area contributed by atoms with E-state index >= 15 is 0 Å². The Morgan fingerprint density at radius 2 is 1.10 bits per heavy atom. The Hall–Kier alpha value is -1.34. The van der Waals surface area contributed by atoms with Gasteiger partial charge in [-0.15, -0.1) is 0 Å². The summed E-state index contributed by atoms with van der Waals surface area (Å²) in [7, 11) is 0. The molecule has 2 heterocycles. The third-order valence-corrected chi connectivity index (χ3v) is 7.21. The number of aliphatic hydroxyl groups excluding tert-OH is 3. The summed E-state index contributed by atoms with van der Waals surface area (Å²) in [6.07, 6.45) is 0.0711. The van der Waals surface area contributed by atoms with E-state index < -0.39 is 73.4 Å². The Labute approximate surface area is 232 Å². The zero-order chi connectivity index (χ0) is 28.9. The molecule has 2 rings (SSSR count). The van der Waals surface area contributed by atoms with Crippen molar-refractivity contribution in [2.75, 3.05) is 6.61 Å². The van der Waals surface area contributed by atoms with Gasteiger partial charge in [0, 0.05) is 20.5 Å². The predicted octanol–water partition coefficient (Wildman–Crippen LogP) is 2.74. The Balaban J connectivity index is 1.94. The van der Waals surface area contributed by atoms with E-state index in [-0.39, 0.29) is 0 Å². The number of unbranched alkanes of at least 4 members (excludes halogenated alkanes) is 9. The van der Waals surface area contributed by atoms with Crippen LogP contribution >= 0.6 is 0 Å². The second-order valence-corrected chi connectivity index (χ2v) is 10.7. The van der Waals surface area contributed by atoms with E-state index in [1.165, 1.54) is 58.8 Å². The van der Waals surface area contributed by atoms with Gasteiger partial charge in [-0.05, 0) is 20.3 Å². The van der Waals surface area contributed by atoms with Crippen LogP contribution in [0.2, 0.25) is 0 Å². The monoisotopic (exact) mass is 562 g/mol. The van der Waals surface area contributed by atoms with E-state index in [1.54, 1.807) is 13.8 Å². The highest BCUT2D eigenvalue weighted by Gasteiger charge is 2.51. The number of rotatable bonds is 16. The maximum Gasteiger partial charge on any atom is 0.303 e. The molecule has 0 bridgehead atoms. The molecule has 0 aromatic heterocycles. The average molecular weight is 563 g/mol. The molecule has 0 aliphatic carbocycles. The fraction of sp³-hybridized carbons (Fsp3) is 0.929. The van der Waals surface area contributed by atoms with Gasteiger partial charge in [-0.3, -0.25) is 9.59 Å². The molecule has 0 aromatic rings. The van der Waals surface area contributed by atoms with E-state index in [0.29, 0.717) is 6.61 Å². The van der Waals surface area contributed by atoms with Crippen molar-refractivity contribution in [3.63, 3.8) is 0 Å².